The van der Waals surface area contributed by atoms with E-state index in [1.54, 1.807) is 19.2 Å². The van der Waals surface area contributed by atoms with Gasteiger partial charge in [-0.15, -0.1) is 0 Å². The van der Waals surface area contributed by atoms with E-state index in [2.05, 4.69) is 27.6 Å². The van der Waals surface area contributed by atoms with Crippen molar-refractivity contribution in [2.24, 2.45) is 0 Å². The zero-order valence-corrected chi connectivity index (χ0v) is 14.3. The standard InChI is InChI=1S/C14H22BrNO3S/c1-3-4-12-5-7-14(8-6-12)20(17,18)16-10-9-13(15)11-19-2/h5-8,13,16H,3-4,9-11H2,1-2H3. The van der Waals surface area contributed by atoms with Gasteiger partial charge in [0.15, 0.2) is 0 Å². The molecule has 1 atom stereocenters. The molecule has 0 saturated carbocycles. The normalized spacial score (nSPS) is 13.3. The van der Waals surface area contributed by atoms with E-state index >= 15 is 0 Å². The fraction of sp³-hybridized carbons (Fsp3) is 0.571. The van der Waals surface area contributed by atoms with Gasteiger partial charge in [0, 0.05) is 18.5 Å². The van der Waals surface area contributed by atoms with Crippen LogP contribution >= 0.6 is 15.9 Å². The van der Waals surface area contributed by atoms with Crippen LogP contribution in [-0.4, -0.2) is 33.5 Å². The van der Waals surface area contributed by atoms with Crippen molar-refractivity contribution in [1.82, 2.24) is 4.72 Å². The zero-order chi connectivity index (χ0) is 15.0. The maximum atomic E-state index is 12.1. The molecule has 0 heterocycles. The van der Waals surface area contributed by atoms with Crippen molar-refractivity contribution >= 4 is 26.0 Å². The first-order chi connectivity index (χ1) is 9.49. The maximum Gasteiger partial charge on any atom is 0.240 e. The molecule has 0 saturated heterocycles. The first-order valence-corrected chi connectivity index (χ1v) is 9.11. The third-order valence-corrected chi connectivity index (χ3v) is 5.07. The second-order valence-corrected chi connectivity index (χ2v) is 7.69. The summed E-state index contributed by atoms with van der Waals surface area (Å²) in [7, 11) is -1.79. The fourth-order valence-electron chi connectivity index (χ4n) is 1.82. The number of methoxy groups -OCH3 is 1. The molecule has 20 heavy (non-hydrogen) atoms. The van der Waals surface area contributed by atoms with Crippen molar-refractivity contribution < 1.29 is 13.2 Å². The SMILES string of the molecule is CCCc1ccc(S(=O)(=O)NCCC(Br)COC)cc1. The molecule has 1 unspecified atom stereocenters. The third-order valence-electron chi connectivity index (χ3n) is 2.87. The zero-order valence-electron chi connectivity index (χ0n) is 11.9. The summed E-state index contributed by atoms with van der Waals surface area (Å²) in [5, 5.41) is 0. The summed E-state index contributed by atoms with van der Waals surface area (Å²) >= 11 is 3.43. The minimum atomic E-state index is -3.41. The molecule has 6 heteroatoms. The second-order valence-electron chi connectivity index (χ2n) is 4.63. The number of alkyl halides is 1. The summed E-state index contributed by atoms with van der Waals surface area (Å²) in [5.74, 6) is 0. The molecule has 1 aromatic rings. The average Bonchev–Trinajstić information content (AvgIpc) is 2.40. The molecule has 0 aliphatic carbocycles. The van der Waals surface area contributed by atoms with Crippen LogP contribution < -0.4 is 4.72 Å². The number of sulfonamides is 1. The van der Waals surface area contributed by atoms with Gasteiger partial charge in [0.25, 0.3) is 0 Å². The lowest BCUT2D eigenvalue weighted by Crippen LogP contribution is -2.27. The molecule has 0 bridgehead atoms. The summed E-state index contributed by atoms with van der Waals surface area (Å²) in [5.41, 5.74) is 1.16. The number of hydrogen-bond acceptors (Lipinski definition) is 3. The van der Waals surface area contributed by atoms with E-state index in [9.17, 15) is 8.42 Å². The predicted molar refractivity (Wildman–Crippen MR) is 84.8 cm³/mol. The number of halogens is 1. The maximum absolute atomic E-state index is 12.1. The summed E-state index contributed by atoms with van der Waals surface area (Å²) in [6.45, 7) is 3.05. The van der Waals surface area contributed by atoms with Crippen LogP contribution in [0.1, 0.15) is 25.3 Å². The third kappa shape index (κ3) is 5.91. The molecular formula is C14H22BrNO3S. The van der Waals surface area contributed by atoms with Crippen LogP contribution in [0.2, 0.25) is 0 Å². The van der Waals surface area contributed by atoms with Crippen molar-refractivity contribution in [2.45, 2.75) is 35.9 Å². The number of benzene rings is 1. The quantitative estimate of drug-likeness (QED) is 0.686. The molecule has 0 fully saturated rings. The molecule has 0 amide bonds. The Bertz CT molecular complexity index is 488. The number of ether oxygens (including phenoxy) is 1. The van der Waals surface area contributed by atoms with Gasteiger partial charge in [-0.3, -0.25) is 0 Å². The lowest BCUT2D eigenvalue weighted by Gasteiger charge is -2.10. The van der Waals surface area contributed by atoms with Gasteiger partial charge >= 0.3 is 0 Å². The van der Waals surface area contributed by atoms with Gasteiger partial charge in [0.1, 0.15) is 0 Å². The first-order valence-electron chi connectivity index (χ1n) is 6.71. The Balaban J connectivity index is 2.55. The van der Waals surface area contributed by atoms with Gasteiger partial charge in [-0.05, 0) is 30.5 Å². The Labute approximate surface area is 130 Å². The number of hydrogen-bond donors (Lipinski definition) is 1. The van der Waals surface area contributed by atoms with Gasteiger partial charge in [0.2, 0.25) is 10.0 Å². The molecule has 0 aliphatic rings. The minimum Gasteiger partial charge on any atom is -0.384 e. The Morgan fingerprint density at radius 2 is 1.95 bits per heavy atom. The van der Waals surface area contributed by atoms with Crippen LogP contribution in [0.25, 0.3) is 0 Å². The van der Waals surface area contributed by atoms with Crippen molar-refractivity contribution in [2.75, 3.05) is 20.3 Å². The van der Waals surface area contributed by atoms with Crippen LogP contribution in [0, 0.1) is 0 Å². The number of aryl methyl sites for hydroxylation is 1. The van der Waals surface area contributed by atoms with Crippen molar-refractivity contribution in [3.05, 3.63) is 29.8 Å². The van der Waals surface area contributed by atoms with Crippen LogP contribution in [0.5, 0.6) is 0 Å². The molecule has 0 aromatic heterocycles. The number of nitrogens with one attached hydrogen (secondary N) is 1. The summed E-state index contributed by atoms with van der Waals surface area (Å²) in [6.07, 6.45) is 2.70. The van der Waals surface area contributed by atoms with E-state index in [-0.39, 0.29) is 4.83 Å². The Hall–Kier alpha value is -0.430. The van der Waals surface area contributed by atoms with E-state index in [4.69, 9.17) is 4.74 Å². The monoisotopic (exact) mass is 363 g/mol. The highest BCUT2D eigenvalue weighted by molar-refractivity contribution is 9.09. The Morgan fingerprint density at radius 1 is 1.30 bits per heavy atom. The minimum absolute atomic E-state index is 0.155. The predicted octanol–water partition coefficient (Wildman–Crippen LogP) is 2.72. The lowest BCUT2D eigenvalue weighted by molar-refractivity contribution is 0.199. The van der Waals surface area contributed by atoms with Gasteiger partial charge in [0.05, 0.1) is 11.5 Å². The second kappa shape index (κ2) is 8.77. The summed E-state index contributed by atoms with van der Waals surface area (Å²) < 4.78 is 31.8. The lowest BCUT2D eigenvalue weighted by atomic mass is 10.1. The molecule has 114 valence electrons. The van der Waals surface area contributed by atoms with Crippen molar-refractivity contribution in [3.8, 4) is 0 Å². The summed E-state index contributed by atoms with van der Waals surface area (Å²) in [6, 6.07) is 7.06. The molecule has 0 radical (unpaired) electrons. The molecule has 1 N–H and O–H groups in total. The highest BCUT2D eigenvalue weighted by atomic mass is 79.9. The van der Waals surface area contributed by atoms with Gasteiger partial charge in [-0.2, -0.15) is 0 Å². The smallest absolute Gasteiger partial charge is 0.240 e. The van der Waals surface area contributed by atoms with Crippen LogP contribution in [0.3, 0.4) is 0 Å². The molecular weight excluding hydrogens is 342 g/mol. The average molecular weight is 364 g/mol. The van der Waals surface area contributed by atoms with Crippen LogP contribution in [0.4, 0.5) is 0 Å². The van der Waals surface area contributed by atoms with E-state index < -0.39 is 10.0 Å². The Kier molecular flexibility index (Phi) is 7.72. The fourth-order valence-corrected chi connectivity index (χ4v) is 3.36. The van der Waals surface area contributed by atoms with E-state index in [1.807, 2.05) is 12.1 Å². The van der Waals surface area contributed by atoms with E-state index in [0.29, 0.717) is 24.5 Å². The van der Waals surface area contributed by atoms with Crippen molar-refractivity contribution in [3.63, 3.8) is 0 Å². The molecule has 0 spiro atoms. The Morgan fingerprint density at radius 3 is 2.50 bits per heavy atom. The highest BCUT2D eigenvalue weighted by Crippen LogP contribution is 2.12. The van der Waals surface area contributed by atoms with Gasteiger partial charge < -0.3 is 4.74 Å². The van der Waals surface area contributed by atoms with Gasteiger partial charge in [-0.25, -0.2) is 13.1 Å². The summed E-state index contributed by atoms with van der Waals surface area (Å²) in [4.78, 5) is 0.470. The highest BCUT2D eigenvalue weighted by Gasteiger charge is 2.14. The van der Waals surface area contributed by atoms with E-state index in [0.717, 1.165) is 18.4 Å². The number of rotatable bonds is 9. The molecule has 0 aliphatic heterocycles. The van der Waals surface area contributed by atoms with E-state index in [1.165, 1.54) is 0 Å². The van der Waals surface area contributed by atoms with Crippen LogP contribution in [0.15, 0.2) is 29.2 Å². The van der Waals surface area contributed by atoms with Crippen molar-refractivity contribution in [1.29, 1.82) is 0 Å². The van der Waals surface area contributed by atoms with Crippen LogP contribution in [-0.2, 0) is 21.2 Å². The molecule has 1 aromatic carbocycles. The first kappa shape index (κ1) is 17.6. The largest absolute Gasteiger partial charge is 0.384 e. The van der Waals surface area contributed by atoms with Gasteiger partial charge in [-0.1, -0.05) is 41.4 Å². The topological polar surface area (TPSA) is 55.4 Å². The molecule has 4 nitrogen and oxygen atoms in total. The molecule has 1 rings (SSSR count).